The smallest absolute Gasteiger partial charge is 0.242 e. The van der Waals surface area contributed by atoms with E-state index in [1.54, 1.807) is 6.07 Å². The summed E-state index contributed by atoms with van der Waals surface area (Å²) >= 11 is 3.37. The van der Waals surface area contributed by atoms with Crippen molar-refractivity contribution < 1.29 is 13.2 Å². The molecule has 2 fully saturated rings. The van der Waals surface area contributed by atoms with Crippen LogP contribution in [0.1, 0.15) is 24.8 Å². The van der Waals surface area contributed by atoms with Gasteiger partial charge in [-0.1, -0.05) is 6.07 Å². The van der Waals surface area contributed by atoms with E-state index >= 15 is 0 Å². The lowest BCUT2D eigenvalue weighted by Crippen LogP contribution is -2.41. The highest BCUT2D eigenvalue weighted by Crippen LogP contribution is 2.35. The number of hydrogen-bond donors (Lipinski definition) is 2. The van der Waals surface area contributed by atoms with Crippen LogP contribution in [0.15, 0.2) is 27.6 Å². The molecule has 2 saturated heterocycles. The summed E-state index contributed by atoms with van der Waals surface area (Å²) in [5.74, 6) is 0. The molecule has 0 radical (unpaired) electrons. The minimum absolute atomic E-state index is 0.0344. The van der Waals surface area contributed by atoms with Gasteiger partial charge in [0.15, 0.2) is 0 Å². The van der Waals surface area contributed by atoms with E-state index in [1.165, 1.54) is 0 Å². The molecule has 3 atom stereocenters. The summed E-state index contributed by atoms with van der Waals surface area (Å²) in [7, 11) is -1.67. The molecule has 3 rings (SSSR count). The summed E-state index contributed by atoms with van der Waals surface area (Å²) in [6, 6.07) is 5.21. The molecule has 0 aromatic heterocycles. The van der Waals surface area contributed by atoms with Crippen molar-refractivity contribution in [1.29, 1.82) is 0 Å². The van der Waals surface area contributed by atoms with Gasteiger partial charge in [-0.25, -0.2) is 13.1 Å². The van der Waals surface area contributed by atoms with E-state index in [-0.39, 0.29) is 23.1 Å². The van der Waals surface area contributed by atoms with E-state index in [1.807, 2.05) is 19.2 Å². The van der Waals surface area contributed by atoms with Gasteiger partial charge in [-0.2, -0.15) is 0 Å². The highest BCUT2D eigenvalue weighted by molar-refractivity contribution is 9.10. The van der Waals surface area contributed by atoms with Gasteiger partial charge in [0.1, 0.15) is 0 Å². The summed E-state index contributed by atoms with van der Waals surface area (Å²) in [5, 5.41) is 3.04. The van der Waals surface area contributed by atoms with E-state index in [0.29, 0.717) is 11.0 Å². The van der Waals surface area contributed by atoms with Gasteiger partial charge in [0.05, 0.1) is 23.1 Å². The second-order valence-corrected chi connectivity index (χ2v) is 8.17. The SMILES string of the molecule is CNCc1ccc(S(=O)(=O)NC2CC3CCC2O3)c(Br)c1. The first kappa shape index (κ1) is 15.4. The van der Waals surface area contributed by atoms with E-state index in [0.717, 1.165) is 24.8 Å². The fourth-order valence-electron chi connectivity index (χ4n) is 3.10. The van der Waals surface area contributed by atoms with Crippen molar-refractivity contribution in [3.05, 3.63) is 28.2 Å². The van der Waals surface area contributed by atoms with Crippen LogP contribution >= 0.6 is 15.9 Å². The lowest BCUT2D eigenvalue weighted by Gasteiger charge is -2.20. The molecule has 0 amide bonds. The summed E-state index contributed by atoms with van der Waals surface area (Å²) in [4.78, 5) is 0.283. The molecule has 1 aromatic carbocycles. The van der Waals surface area contributed by atoms with Crippen molar-refractivity contribution in [1.82, 2.24) is 10.0 Å². The van der Waals surface area contributed by atoms with E-state index in [9.17, 15) is 8.42 Å². The van der Waals surface area contributed by atoms with E-state index < -0.39 is 10.0 Å². The van der Waals surface area contributed by atoms with Crippen LogP contribution in [0.25, 0.3) is 0 Å². The van der Waals surface area contributed by atoms with Crippen LogP contribution in [-0.2, 0) is 21.3 Å². The highest BCUT2D eigenvalue weighted by atomic mass is 79.9. The first-order valence-corrected chi connectivity index (χ1v) is 9.38. The van der Waals surface area contributed by atoms with Crippen LogP contribution in [0.4, 0.5) is 0 Å². The lowest BCUT2D eigenvalue weighted by atomic mass is 9.96. The summed E-state index contributed by atoms with van der Waals surface area (Å²) < 4.78 is 34.2. The third-order valence-corrected chi connectivity index (χ3v) is 6.55. The zero-order valence-electron chi connectivity index (χ0n) is 11.8. The predicted octanol–water partition coefficient (Wildman–Crippen LogP) is 1.77. The van der Waals surface area contributed by atoms with Gasteiger partial charge < -0.3 is 10.1 Å². The Morgan fingerprint density at radius 3 is 2.76 bits per heavy atom. The minimum Gasteiger partial charge on any atom is -0.373 e. The van der Waals surface area contributed by atoms with Crippen LogP contribution in [0, 0.1) is 0 Å². The topological polar surface area (TPSA) is 67.4 Å². The maximum absolute atomic E-state index is 12.5. The van der Waals surface area contributed by atoms with Gasteiger partial charge in [-0.3, -0.25) is 0 Å². The Bertz CT molecular complexity index is 635. The second-order valence-electron chi connectivity index (χ2n) is 5.63. The molecule has 116 valence electrons. The lowest BCUT2D eigenvalue weighted by molar-refractivity contribution is 0.0996. The first-order chi connectivity index (χ1) is 9.99. The molecule has 0 saturated carbocycles. The predicted molar refractivity (Wildman–Crippen MR) is 83.5 cm³/mol. The molecule has 1 aromatic rings. The van der Waals surface area contributed by atoms with Crippen LogP contribution in [0.3, 0.4) is 0 Å². The monoisotopic (exact) mass is 374 g/mol. The van der Waals surface area contributed by atoms with Crippen LogP contribution in [-0.4, -0.2) is 33.7 Å². The number of halogens is 1. The molecule has 2 aliphatic heterocycles. The Hall–Kier alpha value is -0.470. The van der Waals surface area contributed by atoms with Crippen molar-refractivity contribution in [2.45, 2.75) is 49.0 Å². The Labute approximate surface area is 133 Å². The summed E-state index contributed by atoms with van der Waals surface area (Å²) in [6.07, 6.45) is 3.03. The highest BCUT2D eigenvalue weighted by Gasteiger charge is 2.42. The van der Waals surface area contributed by atoms with Crippen molar-refractivity contribution >= 4 is 26.0 Å². The van der Waals surface area contributed by atoms with Crippen LogP contribution < -0.4 is 10.0 Å². The van der Waals surface area contributed by atoms with Crippen molar-refractivity contribution in [3.63, 3.8) is 0 Å². The summed E-state index contributed by atoms with van der Waals surface area (Å²) in [5.41, 5.74) is 1.03. The number of fused-ring (bicyclic) bond motifs is 2. The van der Waals surface area contributed by atoms with Gasteiger partial charge in [-0.15, -0.1) is 0 Å². The molecule has 0 spiro atoms. The average Bonchev–Trinajstić information content (AvgIpc) is 3.00. The molecule has 0 aliphatic carbocycles. The molecule has 3 unspecified atom stereocenters. The van der Waals surface area contributed by atoms with Crippen LogP contribution in [0.2, 0.25) is 0 Å². The van der Waals surface area contributed by atoms with Gasteiger partial charge in [0.2, 0.25) is 10.0 Å². The van der Waals surface area contributed by atoms with Crippen molar-refractivity contribution in [3.8, 4) is 0 Å². The Morgan fingerprint density at radius 1 is 1.38 bits per heavy atom. The van der Waals surface area contributed by atoms with Gasteiger partial charge in [0.25, 0.3) is 0 Å². The molecule has 2 aliphatic rings. The first-order valence-electron chi connectivity index (χ1n) is 7.10. The molecular formula is C14H19BrN2O3S. The van der Waals surface area contributed by atoms with Crippen molar-refractivity contribution in [2.75, 3.05) is 7.05 Å². The molecular weight excluding hydrogens is 356 g/mol. The maximum atomic E-state index is 12.5. The molecule has 2 heterocycles. The average molecular weight is 375 g/mol. The molecule has 2 N–H and O–H groups in total. The maximum Gasteiger partial charge on any atom is 0.242 e. The van der Waals surface area contributed by atoms with E-state index in [4.69, 9.17) is 4.74 Å². The normalized spacial score (nSPS) is 28.2. The van der Waals surface area contributed by atoms with Crippen LogP contribution in [0.5, 0.6) is 0 Å². The third-order valence-electron chi connectivity index (χ3n) is 4.08. The number of benzene rings is 1. The van der Waals surface area contributed by atoms with Gasteiger partial charge in [-0.05, 0) is 59.9 Å². The fraction of sp³-hybridized carbons (Fsp3) is 0.571. The molecule has 2 bridgehead atoms. The quantitative estimate of drug-likeness (QED) is 0.823. The molecule has 5 nitrogen and oxygen atoms in total. The number of sulfonamides is 1. The number of ether oxygens (including phenoxy) is 1. The van der Waals surface area contributed by atoms with Gasteiger partial charge in [0, 0.05) is 11.0 Å². The minimum atomic E-state index is -3.53. The standard InChI is InChI=1S/C14H19BrN2O3S/c1-16-8-9-2-5-14(11(15)6-9)21(18,19)17-12-7-10-3-4-13(12)20-10/h2,5-6,10,12-13,16-17H,3-4,7-8H2,1H3. The van der Waals surface area contributed by atoms with Crippen molar-refractivity contribution in [2.24, 2.45) is 0 Å². The molecule has 7 heteroatoms. The largest absolute Gasteiger partial charge is 0.373 e. The summed E-state index contributed by atoms with van der Waals surface area (Å²) in [6.45, 7) is 0.701. The molecule has 21 heavy (non-hydrogen) atoms. The Balaban J connectivity index is 1.78. The number of nitrogens with one attached hydrogen (secondary N) is 2. The van der Waals surface area contributed by atoms with Gasteiger partial charge >= 0.3 is 0 Å². The number of hydrogen-bond acceptors (Lipinski definition) is 4. The number of rotatable bonds is 5. The Kier molecular flexibility index (Phi) is 4.38. The Morgan fingerprint density at radius 2 is 2.19 bits per heavy atom. The van der Waals surface area contributed by atoms with E-state index in [2.05, 4.69) is 26.0 Å². The second kappa shape index (κ2) is 5.96. The zero-order valence-corrected chi connectivity index (χ0v) is 14.2. The third kappa shape index (κ3) is 3.17. The fourth-order valence-corrected chi connectivity index (χ4v) is 5.50. The zero-order chi connectivity index (χ0) is 15.0.